The van der Waals surface area contributed by atoms with Gasteiger partial charge in [-0.1, -0.05) is 54.6 Å². The van der Waals surface area contributed by atoms with Gasteiger partial charge in [0.15, 0.2) is 5.78 Å². The summed E-state index contributed by atoms with van der Waals surface area (Å²) in [7, 11) is 0. The monoisotopic (exact) mass is 329 g/mol. The fourth-order valence-electron chi connectivity index (χ4n) is 2.48. The molecule has 0 bridgehead atoms. The lowest BCUT2D eigenvalue weighted by molar-refractivity contribution is 0.102. The highest BCUT2D eigenvalue weighted by molar-refractivity contribution is 6.10. The summed E-state index contributed by atoms with van der Waals surface area (Å²) in [5.41, 5.74) is 8.77. The Labute approximate surface area is 146 Å². The standard InChI is InChI=1S/C21H17N2O2/c22-14-18-8-4-5-9-19(18)23-21(25)17-12-10-16(11-13-17)20(24)15-6-2-1-3-7-15/h1-4,6-13H,14,22H2,(H,23,25). The van der Waals surface area contributed by atoms with Gasteiger partial charge in [-0.05, 0) is 29.8 Å². The predicted molar refractivity (Wildman–Crippen MR) is 97.4 cm³/mol. The Morgan fingerprint density at radius 3 is 2.20 bits per heavy atom. The first-order valence-corrected chi connectivity index (χ1v) is 7.89. The lowest BCUT2D eigenvalue weighted by Gasteiger charge is -2.09. The van der Waals surface area contributed by atoms with E-state index < -0.39 is 0 Å². The SMILES string of the molecule is NCc1cc[c]cc1NC(=O)c1ccc(C(=O)c2ccccc2)cc1. The summed E-state index contributed by atoms with van der Waals surface area (Å²) in [6.45, 7) is 0.328. The highest BCUT2D eigenvalue weighted by atomic mass is 16.1. The van der Waals surface area contributed by atoms with Crippen molar-refractivity contribution >= 4 is 17.4 Å². The summed E-state index contributed by atoms with van der Waals surface area (Å²) in [4.78, 5) is 24.8. The smallest absolute Gasteiger partial charge is 0.255 e. The Morgan fingerprint density at radius 1 is 0.880 bits per heavy atom. The Balaban J connectivity index is 1.76. The minimum atomic E-state index is -0.256. The molecule has 3 N–H and O–H groups in total. The Kier molecular flexibility index (Phi) is 5.02. The number of hydrogen-bond donors (Lipinski definition) is 2. The first kappa shape index (κ1) is 16.6. The van der Waals surface area contributed by atoms with E-state index in [0.29, 0.717) is 28.9 Å². The minimum Gasteiger partial charge on any atom is -0.326 e. The predicted octanol–water partition coefficient (Wildman–Crippen LogP) is 3.43. The Hall–Kier alpha value is -3.24. The molecule has 0 fully saturated rings. The van der Waals surface area contributed by atoms with Crippen molar-refractivity contribution in [1.29, 1.82) is 0 Å². The summed E-state index contributed by atoms with van der Waals surface area (Å²) in [6, 6.07) is 23.8. The summed E-state index contributed by atoms with van der Waals surface area (Å²) >= 11 is 0. The van der Waals surface area contributed by atoms with Crippen LogP contribution in [0, 0.1) is 6.07 Å². The fourth-order valence-corrected chi connectivity index (χ4v) is 2.48. The van der Waals surface area contributed by atoms with E-state index in [9.17, 15) is 9.59 Å². The molecule has 3 aromatic carbocycles. The molecular weight excluding hydrogens is 312 g/mol. The molecule has 0 spiro atoms. The van der Waals surface area contributed by atoms with E-state index in [0.717, 1.165) is 5.56 Å². The third kappa shape index (κ3) is 3.82. The first-order valence-electron chi connectivity index (χ1n) is 7.89. The molecule has 0 saturated heterocycles. The van der Waals surface area contributed by atoms with Crippen LogP contribution in [-0.2, 0) is 6.54 Å². The summed E-state index contributed by atoms with van der Waals surface area (Å²) in [5.74, 6) is -0.330. The number of rotatable bonds is 5. The quantitative estimate of drug-likeness (QED) is 0.704. The van der Waals surface area contributed by atoms with Gasteiger partial charge >= 0.3 is 0 Å². The molecule has 1 radical (unpaired) electrons. The van der Waals surface area contributed by atoms with Crippen LogP contribution in [0.1, 0.15) is 31.8 Å². The summed E-state index contributed by atoms with van der Waals surface area (Å²) in [6.07, 6.45) is 0. The number of benzene rings is 3. The van der Waals surface area contributed by atoms with Crippen LogP contribution in [0.5, 0.6) is 0 Å². The van der Waals surface area contributed by atoms with Crippen molar-refractivity contribution in [2.75, 3.05) is 5.32 Å². The largest absolute Gasteiger partial charge is 0.326 e. The van der Waals surface area contributed by atoms with Crippen molar-refractivity contribution in [2.24, 2.45) is 5.73 Å². The molecule has 0 aliphatic rings. The van der Waals surface area contributed by atoms with Gasteiger partial charge in [-0.3, -0.25) is 9.59 Å². The summed E-state index contributed by atoms with van der Waals surface area (Å²) in [5, 5.41) is 2.82. The molecule has 123 valence electrons. The second-order valence-corrected chi connectivity index (χ2v) is 5.51. The molecule has 0 aliphatic heterocycles. The van der Waals surface area contributed by atoms with Crippen molar-refractivity contribution in [3.8, 4) is 0 Å². The molecule has 1 amide bonds. The molecule has 4 nitrogen and oxygen atoms in total. The van der Waals surface area contributed by atoms with Crippen LogP contribution in [0.4, 0.5) is 5.69 Å². The van der Waals surface area contributed by atoms with E-state index >= 15 is 0 Å². The first-order chi connectivity index (χ1) is 12.2. The fraction of sp³-hybridized carbons (Fsp3) is 0.0476. The van der Waals surface area contributed by atoms with E-state index in [1.165, 1.54) is 0 Å². The zero-order chi connectivity index (χ0) is 17.6. The van der Waals surface area contributed by atoms with Gasteiger partial charge in [-0.2, -0.15) is 0 Å². The van der Waals surface area contributed by atoms with Crippen LogP contribution in [0.2, 0.25) is 0 Å². The van der Waals surface area contributed by atoms with Crippen molar-refractivity contribution < 1.29 is 9.59 Å². The van der Waals surface area contributed by atoms with E-state index in [-0.39, 0.29) is 11.7 Å². The molecule has 0 heterocycles. The zero-order valence-electron chi connectivity index (χ0n) is 13.5. The average Bonchev–Trinajstić information content (AvgIpc) is 2.68. The van der Waals surface area contributed by atoms with Crippen molar-refractivity contribution in [1.82, 2.24) is 0 Å². The van der Waals surface area contributed by atoms with Crippen LogP contribution in [0.25, 0.3) is 0 Å². The highest BCUT2D eigenvalue weighted by Crippen LogP contribution is 2.16. The molecule has 0 aromatic heterocycles. The van der Waals surface area contributed by atoms with Crippen molar-refractivity contribution in [3.63, 3.8) is 0 Å². The minimum absolute atomic E-state index is 0.0735. The van der Waals surface area contributed by atoms with Crippen LogP contribution >= 0.6 is 0 Å². The van der Waals surface area contributed by atoms with Crippen LogP contribution < -0.4 is 11.1 Å². The van der Waals surface area contributed by atoms with Crippen LogP contribution in [-0.4, -0.2) is 11.7 Å². The van der Waals surface area contributed by atoms with Gasteiger partial charge < -0.3 is 11.1 Å². The Morgan fingerprint density at radius 2 is 1.52 bits per heavy atom. The number of carbonyl (C=O) groups excluding carboxylic acids is 2. The van der Waals surface area contributed by atoms with E-state index in [4.69, 9.17) is 5.73 Å². The van der Waals surface area contributed by atoms with Gasteiger partial charge in [0.1, 0.15) is 0 Å². The van der Waals surface area contributed by atoms with Gasteiger partial charge in [0.25, 0.3) is 5.91 Å². The van der Waals surface area contributed by atoms with E-state index in [2.05, 4.69) is 11.4 Å². The molecule has 0 atom stereocenters. The molecular formula is C21H17N2O2. The number of nitrogens with one attached hydrogen (secondary N) is 1. The number of amides is 1. The second kappa shape index (κ2) is 7.55. The highest BCUT2D eigenvalue weighted by Gasteiger charge is 2.11. The molecule has 25 heavy (non-hydrogen) atoms. The maximum absolute atomic E-state index is 12.4. The normalized spacial score (nSPS) is 10.3. The third-order valence-electron chi connectivity index (χ3n) is 3.87. The third-order valence-corrected chi connectivity index (χ3v) is 3.87. The molecule has 3 aromatic rings. The van der Waals surface area contributed by atoms with Crippen LogP contribution in [0.15, 0.2) is 72.8 Å². The number of hydrogen-bond acceptors (Lipinski definition) is 3. The molecule has 4 heteroatoms. The number of nitrogens with two attached hydrogens (primary N) is 1. The van der Waals surface area contributed by atoms with Gasteiger partial charge in [-0.25, -0.2) is 0 Å². The molecule has 0 unspecified atom stereocenters. The zero-order valence-corrected chi connectivity index (χ0v) is 13.5. The molecule has 0 aliphatic carbocycles. The van der Waals surface area contributed by atoms with E-state index in [1.807, 2.05) is 24.3 Å². The topological polar surface area (TPSA) is 72.2 Å². The van der Waals surface area contributed by atoms with Gasteiger partial charge in [0.2, 0.25) is 0 Å². The average molecular weight is 329 g/mol. The van der Waals surface area contributed by atoms with Gasteiger partial charge in [0.05, 0.1) is 0 Å². The van der Waals surface area contributed by atoms with Gasteiger partial charge in [-0.15, -0.1) is 0 Å². The van der Waals surface area contributed by atoms with Crippen molar-refractivity contribution in [3.05, 3.63) is 101 Å². The van der Waals surface area contributed by atoms with Crippen molar-refractivity contribution in [2.45, 2.75) is 6.54 Å². The second-order valence-electron chi connectivity index (χ2n) is 5.51. The summed E-state index contributed by atoms with van der Waals surface area (Å²) < 4.78 is 0. The van der Waals surface area contributed by atoms with Crippen LogP contribution in [0.3, 0.4) is 0 Å². The number of ketones is 1. The number of anilines is 1. The Bertz CT molecular complexity index is 887. The molecule has 3 rings (SSSR count). The lowest BCUT2D eigenvalue weighted by atomic mass is 10.0. The van der Waals surface area contributed by atoms with E-state index in [1.54, 1.807) is 48.5 Å². The van der Waals surface area contributed by atoms with Gasteiger partial charge in [0, 0.05) is 28.9 Å². The maximum Gasteiger partial charge on any atom is 0.255 e. The number of carbonyl (C=O) groups is 2. The maximum atomic E-state index is 12.4. The lowest BCUT2D eigenvalue weighted by Crippen LogP contribution is -2.14. The molecule has 0 saturated carbocycles.